The van der Waals surface area contributed by atoms with Gasteiger partial charge in [-0.25, -0.2) is 9.59 Å². The first-order valence-electron chi connectivity index (χ1n) is 9.00. The van der Waals surface area contributed by atoms with Gasteiger partial charge in [-0.3, -0.25) is 0 Å². The van der Waals surface area contributed by atoms with Crippen molar-refractivity contribution >= 4 is 23.7 Å². The summed E-state index contributed by atoms with van der Waals surface area (Å²) in [5, 5.41) is 6.53. The fourth-order valence-corrected chi connectivity index (χ4v) is 3.00. The Kier molecular flexibility index (Phi) is 7.14. The van der Waals surface area contributed by atoms with Crippen LogP contribution in [-0.2, 0) is 11.2 Å². The Morgan fingerprint density at radius 1 is 1.27 bits per heavy atom. The summed E-state index contributed by atoms with van der Waals surface area (Å²) in [5.74, 6) is 0. The molecule has 0 spiro atoms. The molecule has 1 aromatic carbocycles. The lowest BCUT2D eigenvalue weighted by molar-refractivity contribution is 0.0201. The van der Waals surface area contributed by atoms with E-state index in [1.54, 1.807) is 4.90 Å². The second-order valence-corrected chi connectivity index (χ2v) is 7.96. The summed E-state index contributed by atoms with van der Waals surface area (Å²) >= 11 is 5.95. The number of carbonyl (C=O) groups excluding carboxylic acids is 2. The first-order chi connectivity index (χ1) is 12.2. The molecular formula is C19H28ClN3O3. The van der Waals surface area contributed by atoms with Gasteiger partial charge in [0.25, 0.3) is 0 Å². The number of likely N-dealkylation sites (tertiary alicyclic amines) is 1. The summed E-state index contributed by atoms with van der Waals surface area (Å²) in [6.07, 6.45) is 1.88. The zero-order valence-corrected chi connectivity index (χ0v) is 16.4. The standard InChI is InChI=1S/C19H28ClN3O3/c1-19(2,3)26-18(25)23-11-8-16(9-12-23)22-17(24)21-10-7-14-5-4-6-15(20)13-14/h4-6,13,16H,7-12H2,1-3H3,(H2,21,22,24). The van der Waals surface area contributed by atoms with Crippen LogP contribution in [0.15, 0.2) is 24.3 Å². The molecule has 7 heteroatoms. The number of halogens is 1. The number of amides is 3. The number of hydrogen-bond acceptors (Lipinski definition) is 3. The lowest BCUT2D eigenvalue weighted by Gasteiger charge is -2.33. The third-order valence-electron chi connectivity index (χ3n) is 4.07. The average molecular weight is 382 g/mol. The molecule has 6 nitrogen and oxygen atoms in total. The van der Waals surface area contributed by atoms with E-state index in [1.807, 2.05) is 45.0 Å². The number of nitrogens with zero attached hydrogens (tertiary/aromatic N) is 1. The lowest BCUT2D eigenvalue weighted by Crippen LogP contribution is -2.50. The molecule has 0 atom stereocenters. The average Bonchev–Trinajstić information content (AvgIpc) is 2.54. The Morgan fingerprint density at radius 2 is 1.96 bits per heavy atom. The van der Waals surface area contributed by atoms with Crippen LogP contribution in [0, 0.1) is 0 Å². The van der Waals surface area contributed by atoms with Crippen LogP contribution in [0.4, 0.5) is 9.59 Å². The van der Waals surface area contributed by atoms with Crippen LogP contribution in [0.2, 0.25) is 5.02 Å². The molecular weight excluding hydrogens is 354 g/mol. The topological polar surface area (TPSA) is 70.7 Å². The van der Waals surface area contributed by atoms with Gasteiger partial charge in [-0.05, 0) is 57.7 Å². The van der Waals surface area contributed by atoms with Crippen molar-refractivity contribution in [2.45, 2.75) is 51.7 Å². The third-order valence-corrected chi connectivity index (χ3v) is 4.31. The van der Waals surface area contributed by atoms with E-state index in [9.17, 15) is 9.59 Å². The normalized spacial score (nSPS) is 15.5. The molecule has 1 heterocycles. The summed E-state index contributed by atoms with van der Waals surface area (Å²) in [4.78, 5) is 25.8. The van der Waals surface area contributed by atoms with Crippen LogP contribution >= 0.6 is 11.6 Å². The number of piperidine rings is 1. The number of carbonyl (C=O) groups is 2. The first-order valence-corrected chi connectivity index (χ1v) is 9.37. The van der Waals surface area contributed by atoms with Crippen LogP contribution < -0.4 is 10.6 Å². The molecule has 0 aliphatic carbocycles. The molecule has 144 valence electrons. The largest absolute Gasteiger partial charge is 0.444 e. The molecule has 1 aliphatic rings. The van der Waals surface area contributed by atoms with Gasteiger partial charge in [0, 0.05) is 30.7 Å². The summed E-state index contributed by atoms with van der Waals surface area (Å²) in [5.41, 5.74) is 0.596. The quantitative estimate of drug-likeness (QED) is 0.837. The Balaban J connectivity index is 1.65. The zero-order valence-electron chi connectivity index (χ0n) is 15.7. The van der Waals surface area contributed by atoms with Gasteiger partial charge in [0.05, 0.1) is 0 Å². The number of benzene rings is 1. The summed E-state index contributed by atoms with van der Waals surface area (Å²) in [6.45, 7) is 7.28. The maximum Gasteiger partial charge on any atom is 0.410 e. The highest BCUT2D eigenvalue weighted by Crippen LogP contribution is 2.15. The van der Waals surface area contributed by atoms with E-state index in [2.05, 4.69) is 10.6 Å². The molecule has 26 heavy (non-hydrogen) atoms. The van der Waals surface area contributed by atoms with Gasteiger partial charge in [0.1, 0.15) is 5.60 Å². The van der Waals surface area contributed by atoms with E-state index in [0.29, 0.717) is 24.7 Å². The number of hydrogen-bond donors (Lipinski definition) is 2. The van der Waals surface area contributed by atoms with Gasteiger partial charge >= 0.3 is 12.1 Å². The summed E-state index contributed by atoms with van der Waals surface area (Å²) in [7, 11) is 0. The van der Waals surface area contributed by atoms with Crippen molar-refractivity contribution in [1.29, 1.82) is 0 Å². The van der Waals surface area contributed by atoms with Crippen LogP contribution in [0.25, 0.3) is 0 Å². The minimum Gasteiger partial charge on any atom is -0.444 e. The van der Waals surface area contributed by atoms with Crippen molar-refractivity contribution in [1.82, 2.24) is 15.5 Å². The van der Waals surface area contributed by atoms with E-state index in [4.69, 9.17) is 16.3 Å². The van der Waals surface area contributed by atoms with Gasteiger partial charge in [-0.15, -0.1) is 0 Å². The van der Waals surface area contributed by atoms with Gasteiger partial charge in [0.2, 0.25) is 0 Å². The Bertz CT molecular complexity index is 623. The zero-order chi connectivity index (χ0) is 19.2. The van der Waals surface area contributed by atoms with Crippen LogP contribution in [0.5, 0.6) is 0 Å². The van der Waals surface area contributed by atoms with E-state index in [-0.39, 0.29) is 18.2 Å². The van der Waals surface area contributed by atoms with Crippen molar-refractivity contribution < 1.29 is 14.3 Å². The van der Waals surface area contributed by atoms with Gasteiger partial charge in [-0.2, -0.15) is 0 Å². The summed E-state index contributed by atoms with van der Waals surface area (Å²) < 4.78 is 5.37. The van der Waals surface area contributed by atoms with E-state index >= 15 is 0 Å². The van der Waals surface area contributed by atoms with E-state index in [1.165, 1.54) is 0 Å². The van der Waals surface area contributed by atoms with Crippen LogP contribution in [-0.4, -0.2) is 48.3 Å². The molecule has 2 N–H and O–H groups in total. The predicted molar refractivity (Wildman–Crippen MR) is 103 cm³/mol. The van der Waals surface area contributed by atoms with E-state index in [0.717, 1.165) is 24.8 Å². The van der Waals surface area contributed by atoms with Crippen molar-refractivity contribution in [3.8, 4) is 0 Å². The highest BCUT2D eigenvalue weighted by Gasteiger charge is 2.27. The second kappa shape index (κ2) is 9.12. The van der Waals surface area contributed by atoms with Crippen LogP contribution in [0.3, 0.4) is 0 Å². The predicted octanol–water partition coefficient (Wildman–Crippen LogP) is 3.58. The highest BCUT2D eigenvalue weighted by atomic mass is 35.5. The van der Waals surface area contributed by atoms with Crippen molar-refractivity contribution in [2.75, 3.05) is 19.6 Å². The molecule has 1 aromatic rings. The monoisotopic (exact) mass is 381 g/mol. The minimum atomic E-state index is -0.491. The molecule has 0 radical (unpaired) electrons. The Morgan fingerprint density at radius 3 is 2.58 bits per heavy atom. The number of rotatable bonds is 4. The maximum absolute atomic E-state index is 12.0. The second-order valence-electron chi connectivity index (χ2n) is 7.52. The van der Waals surface area contributed by atoms with Gasteiger partial charge in [-0.1, -0.05) is 23.7 Å². The lowest BCUT2D eigenvalue weighted by atomic mass is 10.1. The molecule has 0 unspecified atom stereocenters. The maximum atomic E-state index is 12.0. The molecule has 2 rings (SSSR count). The van der Waals surface area contributed by atoms with Crippen molar-refractivity contribution in [3.63, 3.8) is 0 Å². The third kappa shape index (κ3) is 7.12. The molecule has 1 fully saturated rings. The van der Waals surface area contributed by atoms with Crippen molar-refractivity contribution in [2.24, 2.45) is 0 Å². The molecule has 0 saturated carbocycles. The van der Waals surface area contributed by atoms with Crippen LogP contribution in [0.1, 0.15) is 39.2 Å². The van der Waals surface area contributed by atoms with Gasteiger partial charge in [0.15, 0.2) is 0 Å². The molecule has 1 aliphatic heterocycles. The molecule has 0 aromatic heterocycles. The van der Waals surface area contributed by atoms with Gasteiger partial charge < -0.3 is 20.3 Å². The molecule has 1 saturated heterocycles. The number of urea groups is 1. The minimum absolute atomic E-state index is 0.0693. The fourth-order valence-electron chi connectivity index (χ4n) is 2.78. The summed E-state index contributed by atoms with van der Waals surface area (Å²) in [6, 6.07) is 7.50. The molecule has 3 amide bonds. The van der Waals surface area contributed by atoms with Crippen molar-refractivity contribution in [3.05, 3.63) is 34.9 Å². The Labute approximate surface area is 160 Å². The number of ether oxygens (including phenoxy) is 1. The SMILES string of the molecule is CC(C)(C)OC(=O)N1CCC(NC(=O)NCCc2cccc(Cl)c2)CC1. The highest BCUT2D eigenvalue weighted by molar-refractivity contribution is 6.30. The Hall–Kier alpha value is -1.95. The van der Waals surface area contributed by atoms with E-state index < -0.39 is 5.60 Å². The number of nitrogens with one attached hydrogen (secondary N) is 2. The smallest absolute Gasteiger partial charge is 0.410 e. The fraction of sp³-hybridized carbons (Fsp3) is 0.579. The molecule has 0 bridgehead atoms. The first kappa shape index (κ1) is 20.4.